The summed E-state index contributed by atoms with van der Waals surface area (Å²) in [6.07, 6.45) is 3.96. The van der Waals surface area contributed by atoms with Gasteiger partial charge in [0.05, 0.1) is 4.88 Å². The van der Waals surface area contributed by atoms with Crippen LogP contribution < -0.4 is 16.2 Å². The van der Waals surface area contributed by atoms with Crippen molar-refractivity contribution in [2.45, 2.75) is 58.4 Å². The zero-order valence-electron chi connectivity index (χ0n) is 16.4. The van der Waals surface area contributed by atoms with Crippen LogP contribution in [0.15, 0.2) is 6.07 Å². The van der Waals surface area contributed by atoms with Crippen molar-refractivity contribution in [1.82, 2.24) is 21.1 Å². The first-order chi connectivity index (χ1) is 13.3. The van der Waals surface area contributed by atoms with Crippen LogP contribution >= 0.6 is 11.3 Å². The fourth-order valence-corrected chi connectivity index (χ4v) is 4.84. The molecule has 1 atom stereocenters. The number of rotatable bonds is 5. The van der Waals surface area contributed by atoms with Gasteiger partial charge in [0.25, 0.3) is 17.7 Å². The Bertz CT molecular complexity index is 815. The van der Waals surface area contributed by atoms with Crippen molar-refractivity contribution in [2.75, 3.05) is 6.54 Å². The predicted molar refractivity (Wildman–Crippen MR) is 105 cm³/mol. The van der Waals surface area contributed by atoms with E-state index >= 15 is 0 Å². The van der Waals surface area contributed by atoms with Crippen LogP contribution in [0, 0.1) is 5.92 Å². The van der Waals surface area contributed by atoms with E-state index in [1.54, 1.807) is 0 Å². The highest BCUT2D eigenvalue weighted by Crippen LogP contribution is 2.32. The average molecular weight is 407 g/mol. The molecule has 0 aromatic carbocycles. The molecule has 1 aliphatic carbocycles. The van der Waals surface area contributed by atoms with Crippen molar-refractivity contribution in [1.29, 1.82) is 0 Å². The number of carbonyl (C=O) groups is 4. The van der Waals surface area contributed by atoms with Crippen molar-refractivity contribution < 1.29 is 19.2 Å². The number of aryl methyl sites for hydroxylation is 1. The van der Waals surface area contributed by atoms with Gasteiger partial charge in [-0.3, -0.25) is 30.1 Å². The second kappa shape index (κ2) is 7.90. The number of thiophene rings is 1. The first-order valence-corrected chi connectivity index (χ1v) is 10.5. The van der Waals surface area contributed by atoms with E-state index in [1.807, 2.05) is 19.9 Å². The van der Waals surface area contributed by atoms with Crippen LogP contribution in [0.2, 0.25) is 0 Å². The molecule has 1 aliphatic heterocycles. The smallest absolute Gasteiger partial charge is 0.323 e. The number of imide groups is 1. The molecule has 1 unspecified atom stereocenters. The van der Waals surface area contributed by atoms with Crippen LogP contribution in [0.1, 0.15) is 60.1 Å². The Morgan fingerprint density at radius 1 is 1.29 bits per heavy atom. The molecule has 1 saturated heterocycles. The molecular formula is C19H26N4O4S. The Hall–Kier alpha value is -2.42. The van der Waals surface area contributed by atoms with Crippen LogP contribution in [-0.4, -0.2) is 40.7 Å². The number of fused-ring (bicyclic) bond motifs is 1. The van der Waals surface area contributed by atoms with Gasteiger partial charge in [-0.2, -0.15) is 0 Å². The molecule has 2 aliphatic rings. The van der Waals surface area contributed by atoms with Gasteiger partial charge in [0.2, 0.25) is 0 Å². The molecule has 152 valence electrons. The predicted octanol–water partition coefficient (Wildman–Crippen LogP) is 1.74. The van der Waals surface area contributed by atoms with Crippen molar-refractivity contribution in [3.8, 4) is 0 Å². The molecule has 5 amide bonds. The number of urea groups is 1. The van der Waals surface area contributed by atoms with E-state index < -0.39 is 35.8 Å². The summed E-state index contributed by atoms with van der Waals surface area (Å²) in [7, 11) is 0. The summed E-state index contributed by atoms with van der Waals surface area (Å²) >= 11 is 1.44. The van der Waals surface area contributed by atoms with Crippen LogP contribution in [-0.2, 0) is 22.4 Å². The van der Waals surface area contributed by atoms with E-state index in [0.29, 0.717) is 23.6 Å². The van der Waals surface area contributed by atoms with E-state index in [4.69, 9.17) is 0 Å². The van der Waals surface area contributed by atoms with Gasteiger partial charge in [-0.25, -0.2) is 4.79 Å². The minimum Gasteiger partial charge on any atom is -0.323 e. The summed E-state index contributed by atoms with van der Waals surface area (Å²) in [6, 6.07) is 1.29. The molecule has 0 radical (unpaired) electrons. The largest absolute Gasteiger partial charge is 0.325 e. The summed E-state index contributed by atoms with van der Waals surface area (Å²) in [4.78, 5) is 51.7. The summed E-state index contributed by atoms with van der Waals surface area (Å²) < 4.78 is 0. The molecule has 1 aromatic rings. The fourth-order valence-electron chi connectivity index (χ4n) is 3.74. The minimum atomic E-state index is -0.951. The maximum Gasteiger partial charge on any atom is 0.325 e. The van der Waals surface area contributed by atoms with Gasteiger partial charge in [-0.1, -0.05) is 20.8 Å². The van der Waals surface area contributed by atoms with Crippen LogP contribution in [0.25, 0.3) is 0 Å². The van der Waals surface area contributed by atoms with Gasteiger partial charge in [-0.05, 0) is 49.7 Å². The van der Waals surface area contributed by atoms with Crippen molar-refractivity contribution in [3.05, 3.63) is 21.4 Å². The minimum absolute atomic E-state index is 0.394. The topological polar surface area (TPSA) is 108 Å². The highest BCUT2D eigenvalue weighted by atomic mass is 32.1. The Morgan fingerprint density at radius 3 is 2.64 bits per heavy atom. The fraction of sp³-hybridized carbons (Fsp3) is 0.579. The Labute approximate surface area is 168 Å². The lowest BCUT2D eigenvalue weighted by molar-refractivity contribution is -0.135. The highest BCUT2D eigenvalue weighted by molar-refractivity contribution is 7.14. The quantitative estimate of drug-likeness (QED) is 0.511. The molecule has 8 nitrogen and oxygen atoms in total. The molecule has 0 bridgehead atoms. The van der Waals surface area contributed by atoms with E-state index in [9.17, 15) is 19.2 Å². The molecule has 1 fully saturated rings. The van der Waals surface area contributed by atoms with Crippen molar-refractivity contribution >= 4 is 35.1 Å². The van der Waals surface area contributed by atoms with Gasteiger partial charge in [-0.15, -0.1) is 11.3 Å². The van der Waals surface area contributed by atoms with Gasteiger partial charge in [0, 0.05) is 4.88 Å². The third-order valence-electron chi connectivity index (χ3n) is 5.62. The summed E-state index contributed by atoms with van der Waals surface area (Å²) in [5.41, 5.74) is 4.92. The standard InChI is InChI=1S/C19H26N4O4S/c1-4-19(5-2)17(26)23(18(27)20-19)10-15(24)21-22-16(25)14-9-12-8-11(3)6-7-13(12)28-14/h9,11H,4-8,10H2,1-3H3,(H,20,27)(H,21,24)(H,22,25). The van der Waals surface area contributed by atoms with E-state index in [1.165, 1.54) is 21.8 Å². The Kier molecular flexibility index (Phi) is 5.74. The lowest BCUT2D eigenvalue weighted by Gasteiger charge is -2.22. The molecule has 0 spiro atoms. The molecular weight excluding hydrogens is 380 g/mol. The number of nitrogens with zero attached hydrogens (tertiary/aromatic N) is 1. The molecule has 28 heavy (non-hydrogen) atoms. The third-order valence-corrected chi connectivity index (χ3v) is 6.86. The summed E-state index contributed by atoms with van der Waals surface area (Å²) in [5, 5.41) is 2.67. The Balaban J connectivity index is 1.55. The third kappa shape index (κ3) is 3.76. The van der Waals surface area contributed by atoms with Gasteiger partial charge >= 0.3 is 6.03 Å². The SMILES string of the molecule is CCC1(CC)NC(=O)N(CC(=O)NNC(=O)c2cc3c(s2)CCC(C)C3)C1=O. The number of hydrogen-bond donors (Lipinski definition) is 3. The normalized spacial score (nSPS) is 20.5. The number of hydrogen-bond acceptors (Lipinski definition) is 5. The second-order valence-electron chi connectivity index (χ2n) is 7.52. The van der Waals surface area contributed by atoms with Crippen molar-refractivity contribution in [2.24, 2.45) is 5.92 Å². The first kappa shape index (κ1) is 20.3. The van der Waals surface area contributed by atoms with Crippen LogP contribution in [0.4, 0.5) is 4.79 Å². The van der Waals surface area contributed by atoms with E-state index in [2.05, 4.69) is 23.1 Å². The van der Waals surface area contributed by atoms with E-state index in [-0.39, 0.29) is 0 Å². The molecule has 0 saturated carbocycles. The first-order valence-electron chi connectivity index (χ1n) is 9.64. The van der Waals surface area contributed by atoms with E-state index in [0.717, 1.165) is 24.2 Å². The molecule has 3 N–H and O–H groups in total. The average Bonchev–Trinajstić information content (AvgIpc) is 3.20. The lowest BCUT2D eigenvalue weighted by atomic mass is 9.90. The molecule has 9 heteroatoms. The van der Waals surface area contributed by atoms with Crippen LogP contribution in [0.3, 0.4) is 0 Å². The molecule has 1 aromatic heterocycles. The number of hydrazine groups is 1. The highest BCUT2D eigenvalue weighted by Gasteiger charge is 2.49. The zero-order valence-corrected chi connectivity index (χ0v) is 17.2. The maximum atomic E-state index is 12.5. The number of carbonyl (C=O) groups excluding carboxylic acids is 4. The van der Waals surface area contributed by atoms with Crippen LogP contribution in [0.5, 0.6) is 0 Å². The molecule has 3 rings (SSSR count). The second-order valence-corrected chi connectivity index (χ2v) is 8.66. The lowest BCUT2D eigenvalue weighted by Crippen LogP contribution is -2.49. The van der Waals surface area contributed by atoms with Gasteiger partial charge in [0.15, 0.2) is 0 Å². The molecule has 2 heterocycles. The summed E-state index contributed by atoms with van der Waals surface area (Å²) in [6.45, 7) is 5.38. The van der Waals surface area contributed by atoms with Gasteiger partial charge in [0.1, 0.15) is 12.1 Å². The number of amides is 5. The van der Waals surface area contributed by atoms with Crippen molar-refractivity contribution in [3.63, 3.8) is 0 Å². The summed E-state index contributed by atoms with van der Waals surface area (Å²) in [5.74, 6) is -0.826. The Morgan fingerprint density at radius 2 is 2.00 bits per heavy atom. The monoisotopic (exact) mass is 406 g/mol. The maximum absolute atomic E-state index is 12.5. The zero-order chi connectivity index (χ0) is 20.5. The number of nitrogens with one attached hydrogen (secondary N) is 3. The van der Waals surface area contributed by atoms with Gasteiger partial charge < -0.3 is 5.32 Å².